The van der Waals surface area contributed by atoms with Crippen LogP contribution >= 0.6 is 15.9 Å². The van der Waals surface area contributed by atoms with Crippen molar-refractivity contribution in [3.63, 3.8) is 0 Å². The summed E-state index contributed by atoms with van der Waals surface area (Å²) in [5.41, 5.74) is 1.19. The number of rotatable bonds is 5. The van der Waals surface area contributed by atoms with Gasteiger partial charge in [0.1, 0.15) is 18.7 Å². The summed E-state index contributed by atoms with van der Waals surface area (Å²) < 4.78 is 2.60. The molecule has 2 rings (SSSR count). The van der Waals surface area contributed by atoms with Crippen molar-refractivity contribution in [2.24, 2.45) is 0 Å². The Kier molecular flexibility index (Phi) is 4.89. The molecule has 0 aliphatic rings. The molecule has 1 aromatic carbocycles. The molecular formula is C14H17BrN4O. The summed E-state index contributed by atoms with van der Waals surface area (Å²) in [6.45, 7) is 3.80. The normalized spacial score (nSPS) is 13.8. The number of halogens is 1. The number of carbonyl (C=O) groups excluding carboxylic acids is 1. The molecule has 0 spiro atoms. The summed E-state index contributed by atoms with van der Waals surface area (Å²) in [5, 5.41) is 6.97. The van der Waals surface area contributed by atoms with E-state index >= 15 is 0 Å². The van der Waals surface area contributed by atoms with Gasteiger partial charge in [0.25, 0.3) is 0 Å². The summed E-state index contributed by atoms with van der Waals surface area (Å²) in [4.78, 5) is 15.9. The van der Waals surface area contributed by atoms with E-state index in [0.29, 0.717) is 0 Å². The third kappa shape index (κ3) is 3.90. The van der Waals surface area contributed by atoms with E-state index in [1.165, 1.54) is 11.9 Å². The lowest BCUT2D eigenvalue weighted by Crippen LogP contribution is -2.38. The molecule has 2 atom stereocenters. The quantitative estimate of drug-likeness (QED) is 0.911. The molecule has 1 aromatic heterocycles. The van der Waals surface area contributed by atoms with Crippen LogP contribution in [0.3, 0.4) is 0 Å². The molecule has 1 heterocycles. The van der Waals surface area contributed by atoms with E-state index in [-0.39, 0.29) is 18.0 Å². The summed E-state index contributed by atoms with van der Waals surface area (Å²) in [7, 11) is 0. The maximum atomic E-state index is 12.1. The molecule has 20 heavy (non-hydrogen) atoms. The van der Waals surface area contributed by atoms with Crippen molar-refractivity contribution in [2.45, 2.75) is 32.4 Å². The minimum Gasteiger partial charge on any atom is -0.351 e. The SMILES string of the molecule is CC(Cc1ccc(Br)cc1)NC(=O)C(C)n1cncn1. The van der Waals surface area contributed by atoms with E-state index in [1.807, 2.05) is 31.2 Å². The third-order valence-electron chi connectivity index (χ3n) is 3.06. The second kappa shape index (κ2) is 6.65. The Bertz CT molecular complexity index is 553. The highest BCUT2D eigenvalue weighted by Crippen LogP contribution is 2.12. The van der Waals surface area contributed by atoms with Crippen molar-refractivity contribution in [1.82, 2.24) is 20.1 Å². The zero-order valence-corrected chi connectivity index (χ0v) is 13.0. The first kappa shape index (κ1) is 14.7. The molecule has 6 heteroatoms. The lowest BCUT2D eigenvalue weighted by Gasteiger charge is -2.17. The van der Waals surface area contributed by atoms with Gasteiger partial charge in [-0.1, -0.05) is 28.1 Å². The van der Waals surface area contributed by atoms with Crippen molar-refractivity contribution in [3.05, 3.63) is 47.0 Å². The predicted molar refractivity (Wildman–Crippen MR) is 80.2 cm³/mol. The fraction of sp³-hybridized carbons (Fsp3) is 0.357. The molecule has 0 aliphatic carbocycles. The van der Waals surface area contributed by atoms with Crippen molar-refractivity contribution < 1.29 is 4.79 Å². The average Bonchev–Trinajstić information content (AvgIpc) is 2.94. The minimum atomic E-state index is -0.357. The van der Waals surface area contributed by atoms with Gasteiger partial charge in [-0.25, -0.2) is 9.67 Å². The molecular weight excluding hydrogens is 320 g/mol. The molecule has 2 aromatic rings. The van der Waals surface area contributed by atoms with Crippen LogP contribution in [0.1, 0.15) is 25.5 Å². The van der Waals surface area contributed by atoms with E-state index in [2.05, 4.69) is 31.3 Å². The average molecular weight is 337 g/mol. The van der Waals surface area contributed by atoms with Gasteiger partial charge in [0.15, 0.2) is 0 Å². The topological polar surface area (TPSA) is 59.8 Å². The smallest absolute Gasteiger partial charge is 0.244 e. The van der Waals surface area contributed by atoms with Crippen molar-refractivity contribution in [1.29, 1.82) is 0 Å². The highest BCUT2D eigenvalue weighted by molar-refractivity contribution is 9.10. The first-order valence-corrected chi connectivity index (χ1v) is 7.24. The van der Waals surface area contributed by atoms with Gasteiger partial charge in [-0.3, -0.25) is 4.79 Å². The van der Waals surface area contributed by atoms with Gasteiger partial charge in [0, 0.05) is 10.5 Å². The summed E-state index contributed by atoms with van der Waals surface area (Å²) >= 11 is 3.41. The fourth-order valence-corrected chi connectivity index (χ4v) is 2.19. The third-order valence-corrected chi connectivity index (χ3v) is 3.59. The molecule has 0 saturated carbocycles. The van der Waals surface area contributed by atoms with Crippen LogP contribution in [0, 0.1) is 0 Å². The standard InChI is InChI=1S/C14H17BrN4O/c1-10(7-12-3-5-13(15)6-4-12)18-14(20)11(2)19-9-16-8-17-19/h3-6,8-11H,7H2,1-2H3,(H,18,20). The van der Waals surface area contributed by atoms with Gasteiger partial charge in [0.05, 0.1) is 0 Å². The van der Waals surface area contributed by atoms with E-state index in [4.69, 9.17) is 0 Å². The van der Waals surface area contributed by atoms with E-state index in [0.717, 1.165) is 10.9 Å². The van der Waals surface area contributed by atoms with Crippen LogP contribution in [0.5, 0.6) is 0 Å². The Morgan fingerprint density at radius 3 is 2.65 bits per heavy atom. The lowest BCUT2D eigenvalue weighted by molar-refractivity contribution is -0.124. The second-order valence-electron chi connectivity index (χ2n) is 4.79. The van der Waals surface area contributed by atoms with Crippen LogP contribution in [0.15, 0.2) is 41.4 Å². The van der Waals surface area contributed by atoms with Crippen LogP contribution in [-0.4, -0.2) is 26.7 Å². The lowest BCUT2D eigenvalue weighted by atomic mass is 10.1. The number of hydrogen-bond donors (Lipinski definition) is 1. The Morgan fingerprint density at radius 2 is 2.05 bits per heavy atom. The Morgan fingerprint density at radius 1 is 1.35 bits per heavy atom. The van der Waals surface area contributed by atoms with Gasteiger partial charge in [-0.05, 0) is 38.0 Å². The minimum absolute atomic E-state index is 0.0555. The highest BCUT2D eigenvalue weighted by atomic mass is 79.9. The molecule has 0 saturated heterocycles. The first-order valence-electron chi connectivity index (χ1n) is 6.45. The molecule has 106 valence electrons. The number of carbonyl (C=O) groups is 1. The summed E-state index contributed by atoms with van der Waals surface area (Å²) in [6.07, 6.45) is 3.77. The molecule has 2 unspecified atom stereocenters. The zero-order valence-electron chi connectivity index (χ0n) is 11.5. The Hall–Kier alpha value is -1.69. The predicted octanol–water partition coefficient (Wildman–Crippen LogP) is 2.35. The molecule has 5 nitrogen and oxygen atoms in total. The number of aromatic nitrogens is 3. The second-order valence-corrected chi connectivity index (χ2v) is 5.71. The van der Waals surface area contributed by atoms with Gasteiger partial charge in [0.2, 0.25) is 5.91 Å². The van der Waals surface area contributed by atoms with Gasteiger partial charge >= 0.3 is 0 Å². The van der Waals surface area contributed by atoms with E-state index in [9.17, 15) is 4.79 Å². The van der Waals surface area contributed by atoms with Crippen molar-refractivity contribution in [2.75, 3.05) is 0 Å². The fourth-order valence-electron chi connectivity index (χ4n) is 1.93. The number of hydrogen-bond acceptors (Lipinski definition) is 3. The Labute approximate surface area is 126 Å². The van der Waals surface area contributed by atoms with Gasteiger partial charge in [-0.15, -0.1) is 0 Å². The zero-order chi connectivity index (χ0) is 14.5. The van der Waals surface area contributed by atoms with Crippen LogP contribution in [0.2, 0.25) is 0 Å². The summed E-state index contributed by atoms with van der Waals surface area (Å²) in [5.74, 6) is -0.0555. The number of amides is 1. The molecule has 1 N–H and O–H groups in total. The van der Waals surface area contributed by atoms with Crippen LogP contribution < -0.4 is 5.32 Å². The molecule has 0 bridgehead atoms. The van der Waals surface area contributed by atoms with Crippen LogP contribution in [-0.2, 0) is 11.2 Å². The largest absolute Gasteiger partial charge is 0.351 e. The molecule has 1 amide bonds. The molecule has 0 radical (unpaired) electrons. The van der Waals surface area contributed by atoms with Crippen LogP contribution in [0.25, 0.3) is 0 Å². The number of nitrogens with zero attached hydrogens (tertiary/aromatic N) is 3. The molecule has 0 aliphatic heterocycles. The highest BCUT2D eigenvalue weighted by Gasteiger charge is 2.17. The Balaban J connectivity index is 1.89. The van der Waals surface area contributed by atoms with Gasteiger partial charge < -0.3 is 5.32 Å². The van der Waals surface area contributed by atoms with E-state index in [1.54, 1.807) is 17.9 Å². The maximum Gasteiger partial charge on any atom is 0.244 e. The number of benzene rings is 1. The first-order chi connectivity index (χ1) is 9.56. The van der Waals surface area contributed by atoms with Crippen molar-refractivity contribution in [3.8, 4) is 0 Å². The van der Waals surface area contributed by atoms with Crippen molar-refractivity contribution >= 4 is 21.8 Å². The maximum absolute atomic E-state index is 12.1. The summed E-state index contributed by atoms with van der Waals surface area (Å²) in [6, 6.07) is 7.81. The number of nitrogens with one attached hydrogen (secondary N) is 1. The van der Waals surface area contributed by atoms with E-state index < -0.39 is 0 Å². The van der Waals surface area contributed by atoms with Crippen LogP contribution in [0.4, 0.5) is 0 Å². The van der Waals surface area contributed by atoms with Gasteiger partial charge in [-0.2, -0.15) is 5.10 Å². The molecule has 0 fully saturated rings. The monoisotopic (exact) mass is 336 g/mol.